The third-order valence-electron chi connectivity index (χ3n) is 2.93. The lowest BCUT2D eigenvalue weighted by atomic mass is 10.1. The molecule has 4 nitrogen and oxygen atoms in total. The zero-order chi connectivity index (χ0) is 14.6. The van der Waals surface area contributed by atoms with E-state index in [-0.39, 0.29) is 11.5 Å². The van der Waals surface area contributed by atoms with Crippen LogP contribution >= 0.6 is 0 Å². The maximum absolute atomic E-state index is 12.0. The van der Waals surface area contributed by atoms with Gasteiger partial charge in [-0.2, -0.15) is 0 Å². The Hall–Kier alpha value is -1.84. The summed E-state index contributed by atoms with van der Waals surface area (Å²) in [4.78, 5) is 23.9. The van der Waals surface area contributed by atoms with Gasteiger partial charge in [-0.25, -0.2) is 4.79 Å². The molecule has 0 spiro atoms. The van der Waals surface area contributed by atoms with E-state index in [4.69, 9.17) is 4.74 Å². The summed E-state index contributed by atoms with van der Waals surface area (Å²) in [7, 11) is 0. The van der Waals surface area contributed by atoms with Gasteiger partial charge in [0.25, 0.3) is 5.56 Å². The molecule has 0 aromatic carbocycles. The molecule has 1 heterocycles. The monoisotopic (exact) mass is 263 g/mol. The van der Waals surface area contributed by atoms with E-state index in [2.05, 4.69) is 0 Å². The molecule has 19 heavy (non-hydrogen) atoms. The van der Waals surface area contributed by atoms with Crippen molar-refractivity contribution in [3.63, 3.8) is 0 Å². The van der Waals surface area contributed by atoms with Crippen molar-refractivity contribution in [2.75, 3.05) is 6.61 Å². The number of rotatable bonds is 4. The minimum Gasteiger partial charge on any atom is -0.462 e. The molecular formula is C15H21NO3. The molecule has 0 aliphatic carbocycles. The maximum Gasteiger partial charge on any atom is 0.340 e. The second-order valence-corrected chi connectivity index (χ2v) is 4.74. The standard InChI is InChI=1S/C15H21NO3/c1-6-19-15(18)14-11(4)9-13(17)16(12(14)5)8-7-10(2)3/h7,9H,6,8H2,1-5H3. The molecule has 0 N–H and O–H groups in total. The van der Waals surface area contributed by atoms with E-state index in [1.54, 1.807) is 25.3 Å². The van der Waals surface area contributed by atoms with E-state index >= 15 is 0 Å². The Morgan fingerprint density at radius 2 is 2.00 bits per heavy atom. The summed E-state index contributed by atoms with van der Waals surface area (Å²) in [6.45, 7) is 10.0. The number of aromatic nitrogens is 1. The molecular weight excluding hydrogens is 242 g/mol. The normalized spacial score (nSPS) is 10.2. The number of ether oxygens (including phenoxy) is 1. The largest absolute Gasteiger partial charge is 0.462 e. The highest BCUT2D eigenvalue weighted by Crippen LogP contribution is 2.13. The average molecular weight is 263 g/mol. The number of hydrogen-bond acceptors (Lipinski definition) is 3. The van der Waals surface area contributed by atoms with Crippen LogP contribution in [0.25, 0.3) is 0 Å². The third kappa shape index (κ3) is 3.56. The van der Waals surface area contributed by atoms with Gasteiger partial charge < -0.3 is 9.30 Å². The van der Waals surface area contributed by atoms with Crippen molar-refractivity contribution in [2.45, 2.75) is 41.2 Å². The summed E-state index contributed by atoms with van der Waals surface area (Å²) in [6.07, 6.45) is 1.96. The Kier molecular flexibility index (Phi) is 5.10. The first-order chi connectivity index (χ1) is 8.88. The topological polar surface area (TPSA) is 48.3 Å². The van der Waals surface area contributed by atoms with Crippen molar-refractivity contribution in [3.8, 4) is 0 Å². The minimum absolute atomic E-state index is 0.0967. The van der Waals surface area contributed by atoms with Crippen LogP contribution in [0.2, 0.25) is 0 Å². The van der Waals surface area contributed by atoms with Crippen LogP contribution in [-0.4, -0.2) is 17.1 Å². The Labute approximate surface area is 113 Å². The third-order valence-corrected chi connectivity index (χ3v) is 2.93. The van der Waals surface area contributed by atoms with E-state index in [1.807, 2.05) is 19.9 Å². The Morgan fingerprint density at radius 1 is 1.37 bits per heavy atom. The molecule has 0 aliphatic rings. The van der Waals surface area contributed by atoms with E-state index in [0.29, 0.717) is 30.0 Å². The summed E-state index contributed by atoms with van der Waals surface area (Å²) in [6, 6.07) is 1.48. The van der Waals surface area contributed by atoms with Gasteiger partial charge in [0, 0.05) is 18.3 Å². The van der Waals surface area contributed by atoms with Crippen molar-refractivity contribution in [3.05, 3.63) is 44.9 Å². The number of nitrogens with zero attached hydrogens (tertiary/aromatic N) is 1. The van der Waals surface area contributed by atoms with Crippen LogP contribution in [0, 0.1) is 13.8 Å². The second kappa shape index (κ2) is 6.36. The molecule has 4 heteroatoms. The highest BCUT2D eigenvalue weighted by Gasteiger charge is 2.17. The number of aryl methyl sites for hydroxylation is 1. The molecule has 0 aliphatic heterocycles. The fraction of sp³-hybridized carbons (Fsp3) is 0.467. The van der Waals surface area contributed by atoms with Gasteiger partial charge in [-0.05, 0) is 40.2 Å². The van der Waals surface area contributed by atoms with Gasteiger partial charge >= 0.3 is 5.97 Å². The zero-order valence-corrected chi connectivity index (χ0v) is 12.2. The van der Waals surface area contributed by atoms with Crippen LogP contribution < -0.4 is 5.56 Å². The molecule has 1 aromatic rings. The molecule has 1 aromatic heterocycles. The lowest BCUT2D eigenvalue weighted by molar-refractivity contribution is 0.0523. The Balaban J connectivity index is 3.34. The molecule has 0 saturated heterocycles. The lowest BCUT2D eigenvalue weighted by Gasteiger charge is -2.14. The van der Waals surface area contributed by atoms with Crippen LogP contribution in [0.4, 0.5) is 0 Å². The summed E-state index contributed by atoms with van der Waals surface area (Å²) in [5.74, 6) is -0.372. The average Bonchev–Trinajstić information content (AvgIpc) is 2.27. The number of esters is 1. The van der Waals surface area contributed by atoms with Gasteiger partial charge in [0.2, 0.25) is 0 Å². The van der Waals surface area contributed by atoms with Crippen molar-refractivity contribution in [1.29, 1.82) is 0 Å². The highest BCUT2D eigenvalue weighted by molar-refractivity contribution is 5.92. The minimum atomic E-state index is -0.372. The molecule has 0 atom stereocenters. The van der Waals surface area contributed by atoms with E-state index in [1.165, 1.54) is 6.07 Å². The molecule has 0 amide bonds. The first-order valence-corrected chi connectivity index (χ1v) is 6.40. The molecule has 0 bridgehead atoms. The fourth-order valence-corrected chi connectivity index (χ4v) is 1.93. The molecule has 0 radical (unpaired) electrons. The summed E-state index contributed by atoms with van der Waals surface area (Å²) in [5.41, 5.74) is 2.84. The fourth-order valence-electron chi connectivity index (χ4n) is 1.93. The van der Waals surface area contributed by atoms with E-state index in [9.17, 15) is 9.59 Å². The number of carbonyl (C=O) groups excluding carboxylic acids is 1. The van der Waals surface area contributed by atoms with Crippen LogP contribution in [0.5, 0.6) is 0 Å². The van der Waals surface area contributed by atoms with Crippen LogP contribution in [-0.2, 0) is 11.3 Å². The molecule has 0 fully saturated rings. The number of allylic oxidation sites excluding steroid dienone is 2. The smallest absolute Gasteiger partial charge is 0.340 e. The number of hydrogen-bond donors (Lipinski definition) is 0. The molecule has 104 valence electrons. The van der Waals surface area contributed by atoms with Gasteiger partial charge in [0.1, 0.15) is 0 Å². The van der Waals surface area contributed by atoms with Crippen molar-refractivity contribution in [1.82, 2.24) is 4.57 Å². The van der Waals surface area contributed by atoms with Gasteiger partial charge in [0.05, 0.1) is 12.2 Å². The molecule has 0 saturated carbocycles. The number of pyridine rings is 1. The lowest BCUT2D eigenvalue weighted by Crippen LogP contribution is -2.25. The quantitative estimate of drug-likeness (QED) is 0.619. The van der Waals surface area contributed by atoms with Crippen LogP contribution in [0.1, 0.15) is 42.4 Å². The van der Waals surface area contributed by atoms with Crippen LogP contribution in [0.15, 0.2) is 22.5 Å². The predicted molar refractivity (Wildman–Crippen MR) is 75.6 cm³/mol. The van der Waals surface area contributed by atoms with Gasteiger partial charge in [-0.15, -0.1) is 0 Å². The zero-order valence-electron chi connectivity index (χ0n) is 12.2. The first-order valence-electron chi connectivity index (χ1n) is 6.40. The Bertz CT molecular complexity index is 563. The van der Waals surface area contributed by atoms with Gasteiger partial charge in [-0.3, -0.25) is 4.79 Å². The Morgan fingerprint density at radius 3 is 2.53 bits per heavy atom. The van der Waals surface area contributed by atoms with E-state index in [0.717, 1.165) is 5.57 Å². The van der Waals surface area contributed by atoms with Crippen LogP contribution in [0.3, 0.4) is 0 Å². The number of carbonyl (C=O) groups is 1. The summed E-state index contributed by atoms with van der Waals surface area (Å²) >= 11 is 0. The SMILES string of the molecule is CCOC(=O)c1c(C)cc(=O)n(CC=C(C)C)c1C. The highest BCUT2D eigenvalue weighted by atomic mass is 16.5. The molecule has 1 rings (SSSR count). The van der Waals surface area contributed by atoms with Crippen molar-refractivity contribution < 1.29 is 9.53 Å². The van der Waals surface area contributed by atoms with Crippen molar-refractivity contribution >= 4 is 5.97 Å². The summed E-state index contributed by atoms with van der Waals surface area (Å²) < 4.78 is 6.63. The molecule has 0 unspecified atom stereocenters. The van der Waals surface area contributed by atoms with Gasteiger partial charge in [-0.1, -0.05) is 11.6 Å². The van der Waals surface area contributed by atoms with Gasteiger partial charge in [0.15, 0.2) is 0 Å². The van der Waals surface area contributed by atoms with E-state index < -0.39 is 0 Å². The maximum atomic E-state index is 12.0. The van der Waals surface area contributed by atoms with Crippen molar-refractivity contribution in [2.24, 2.45) is 0 Å². The summed E-state index contributed by atoms with van der Waals surface area (Å²) in [5, 5.41) is 0. The predicted octanol–water partition coefficient (Wildman–Crippen LogP) is 2.61. The second-order valence-electron chi connectivity index (χ2n) is 4.74. The first kappa shape index (κ1) is 15.2.